The van der Waals surface area contributed by atoms with Crippen molar-refractivity contribution in [2.45, 2.75) is 0 Å². The van der Waals surface area contributed by atoms with Gasteiger partial charge in [0.15, 0.2) is 5.78 Å². The van der Waals surface area contributed by atoms with Crippen molar-refractivity contribution in [1.29, 1.82) is 0 Å². The van der Waals surface area contributed by atoms with Crippen LogP contribution >= 0.6 is 11.6 Å². The summed E-state index contributed by atoms with van der Waals surface area (Å²) < 4.78 is 0. The summed E-state index contributed by atoms with van der Waals surface area (Å²) >= 11 is 5.74. The van der Waals surface area contributed by atoms with E-state index in [2.05, 4.69) is 13.2 Å². The first-order valence-electron chi connectivity index (χ1n) is 6.58. The molecule has 0 saturated heterocycles. The Hall–Kier alpha value is -2.38. The maximum absolute atomic E-state index is 12.6. The molecule has 0 saturated carbocycles. The maximum atomic E-state index is 12.6. The summed E-state index contributed by atoms with van der Waals surface area (Å²) in [5.74, 6) is 0.0513. The number of fused-ring (bicyclic) bond motifs is 3. The van der Waals surface area contributed by atoms with Gasteiger partial charge >= 0.3 is 0 Å². The minimum absolute atomic E-state index is 0.0513. The Morgan fingerprint density at radius 3 is 2.29 bits per heavy atom. The quantitative estimate of drug-likeness (QED) is 0.605. The summed E-state index contributed by atoms with van der Waals surface area (Å²) in [7, 11) is 0. The Morgan fingerprint density at radius 1 is 0.905 bits per heavy atom. The average molecular weight is 293 g/mol. The highest BCUT2D eigenvalue weighted by Crippen LogP contribution is 2.39. The first-order chi connectivity index (χ1) is 10.1. The monoisotopic (exact) mass is 292 g/mol. The number of carbonyl (C=O) groups is 1. The zero-order valence-electron chi connectivity index (χ0n) is 11.4. The second-order valence-corrected chi connectivity index (χ2v) is 5.39. The predicted molar refractivity (Wildman–Crippen MR) is 88.5 cm³/mol. The lowest BCUT2D eigenvalue weighted by Crippen LogP contribution is -1.99. The molecular weight excluding hydrogens is 280 g/mol. The van der Waals surface area contributed by atoms with E-state index in [4.69, 9.17) is 11.6 Å². The molecule has 0 amide bonds. The third-order valence-electron chi connectivity index (χ3n) is 3.56. The molecule has 0 unspecified atom stereocenters. The molecule has 2 aromatic rings. The van der Waals surface area contributed by atoms with Gasteiger partial charge in [-0.3, -0.25) is 4.79 Å². The van der Waals surface area contributed by atoms with Crippen LogP contribution in [0, 0.1) is 0 Å². The largest absolute Gasteiger partial charge is 0.289 e. The van der Waals surface area contributed by atoms with Crippen LogP contribution in [0.3, 0.4) is 0 Å². The van der Waals surface area contributed by atoms with E-state index in [1.54, 1.807) is 12.2 Å². The third-order valence-corrected chi connectivity index (χ3v) is 3.69. The molecule has 0 aliphatic heterocycles. The molecule has 1 nitrogen and oxygen atoms in total. The summed E-state index contributed by atoms with van der Waals surface area (Å²) in [6, 6.07) is 13.5. The van der Waals surface area contributed by atoms with E-state index in [1.807, 2.05) is 42.5 Å². The van der Waals surface area contributed by atoms with E-state index >= 15 is 0 Å². The second kappa shape index (κ2) is 5.19. The molecule has 0 aromatic heterocycles. The zero-order valence-corrected chi connectivity index (χ0v) is 12.2. The zero-order chi connectivity index (χ0) is 15.0. The Kier molecular flexibility index (Phi) is 3.36. The van der Waals surface area contributed by atoms with Crippen LogP contribution in [0.15, 0.2) is 72.8 Å². The molecule has 0 bridgehead atoms. The number of allylic oxidation sites excluding steroid dienone is 4. The van der Waals surface area contributed by atoms with Crippen molar-refractivity contribution < 1.29 is 4.79 Å². The fraction of sp³-hybridized carbons (Fsp3) is 0. The molecule has 0 atom stereocenters. The smallest absolute Gasteiger partial charge is 0.194 e. The van der Waals surface area contributed by atoms with E-state index in [9.17, 15) is 4.79 Å². The van der Waals surface area contributed by atoms with Crippen molar-refractivity contribution in [1.82, 2.24) is 0 Å². The van der Waals surface area contributed by atoms with Crippen LogP contribution in [0.1, 0.15) is 21.5 Å². The first-order valence-corrected chi connectivity index (χ1v) is 6.96. The van der Waals surface area contributed by atoms with Crippen LogP contribution in [0.5, 0.6) is 0 Å². The van der Waals surface area contributed by atoms with Gasteiger partial charge < -0.3 is 0 Å². The molecular formula is C19H13ClO. The Balaban J connectivity index is 2.15. The fourth-order valence-corrected chi connectivity index (χ4v) is 2.68. The minimum Gasteiger partial charge on any atom is -0.289 e. The van der Waals surface area contributed by atoms with Crippen molar-refractivity contribution in [3.05, 3.63) is 89.5 Å². The van der Waals surface area contributed by atoms with E-state index in [0.29, 0.717) is 10.6 Å². The van der Waals surface area contributed by atoms with Crippen molar-refractivity contribution in [3.63, 3.8) is 0 Å². The molecule has 1 aliphatic carbocycles. The normalized spacial score (nSPS) is 12.3. The van der Waals surface area contributed by atoms with Gasteiger partial charge in [-0.25, -0.2) is 0 Å². The molecule has 21 heavy (non-hydrogen) atoms. The summed E-state index contributed by atoms with van der Waals surface area (Å²) in [6.07, 6.45) is 3.46. The molecule has 0 radical (unpaired) electrons. The van der Waals surface area contributed by atoms with Crippen LogP contribution in [-0.2, 0) is 0 Å². The lowest BCUT2D eigenvalue weighted by atomic mass is 9.96. The molecule has 0 spiro atoms. The molecule has 1 aliphatic rings. The van der Waals surface area contributed by atoms with Gasteiger partial charge in [-0.05, 0) is 28.3 Å². The Bertz CT molecular complexity index is 812. The van der Waals surface area contributed by atoms with Crippen LogP contribution in [0.2, 0.25) is 0 Å². The van der Waals surface area contributed by atoms with Gasteiger partial charge in [0.05, 0.1) is 0 Å². The van der Waals surface area contributed by atoms with Gasteiger partial charge in [-0.15, -0.1) is 0 Å². The van der Waals surface area contributed by atoms with Gasteiger partial charge in [-0.1, -0.05) is 73.3 Å². The second-order valence-electron chi connectivity index (χ2n) is 4.91. The number of hydrogen-bond acceptors (Lipinski definition) is 1. The molecule has 3 rings (SSSR count). The van der Waals surface area contributed by atoms with Crippen molar-refractivity contribution in [2.24, 2.45) is 0 Å². The van der Waals surface area contributed by atoms with Crippen molar-refractivity contribution in [2.75, 3.05) is 0 Å². The SMILES string of the molecule is C=C(Cl)/C=C\C(=C)c1cccc2c1C(=O)c1ccccc1-2. The Morgan fingerprint density at radius 2 is 1.57 bits per heavy atom. The Labute approximate surface area is 128 Å². The van der Waals surface area contributed by atoms with Crippen LogP contribution in [-0.4, -0.2) is 5.78 Å². The van der Waals surface area contributed by atoms with Gasteiger partial charge in [0, 0.05) is 16.2 Å². The van der Waals surface area contributed by atoms with Gasteiger partial charge in [0.25, 0.3) is 0 Å². The third kappa shape index (κ3) is 2.26. The van der Waals surface area contributed by atoms with Gasteiger partial charge in [0.1, 0.15) is 0 Å². The topological polar surface area (TPSA) is 17.1 Å². The summed E-state index contributed by atoms with van der Waals surface area (Å²) in [5.41, 5.74) is 5.00. The molecule has 0 N–H and O–H groups in total. The highest BCUT2D eigenvalue weighted by atomic mass is 35.5. The van der Waals surface area contributed by atoms with Crippen LogP contribution in [0.4, 0.5) is 0 Å². The molecule has 2 heteroatoms. The molecule has 102 valence electrons. The van der Waals surface area contributed by atoms with E-state index in [0.717, 1.165) is 27.8 Å². The van der Waals surface area contributed by atoms with E-state index in [1.165, 1.54) is 0 Å². The number of hydrogen-bond donors (Lipinski definition) is 0. The minimum atomic E-state index is 0.0513. The summed E-state index contributed by atoms with van der Waals surface area (Å²) in [5, 5.41) is 0.429. The number of carbonyl (C=O) groups excluding carboxylic acids is 1. The van der Waals surface area contributed by atoms with Gasteiger partial charge in [-0.2, -0.15) is 0 Å². The maximum Gasteiger partial charge on any atom is 0.194 e. The predicted octanol–water partition coefficient (Wildman–Crippen LogP) is 5.22. The van der Waals surface area contributed by atoms with Crippen molar-refractivity contribution in [3.8, 4) is 11.1 Å². The van der Waals surface area contributed by atoms with Gasteiger partial charge in [0.2, 0.25) is 0 Å². The van der Waals surface area contributed by atoms with E-state index < -0.39 is 0 Å². The lowest BCUT2D eigenvalue weighted by molar-refractivity contribution is 0.104. The summed E-state index contributed by atoms with van der Waals surface area (Å²) in [4.78, 5) is 12.6. The number of ketones is 1. The standard InChI is InChI=1S/C19H13ClO/c1-12(10-11-13(2)20)14-8-5-9-16-15-6-3-4-7-17(15)19(21)18(14)16/h3-11H,1-2H2/b11-10-. The number of benzene rings is 2. The van der Waals surface area contributed by atoms with E-state index in [-0.39, 0.29) is 5.78 Å². The summed E-state index contributed by atoms with van der Waals surface area (Å²) in [6.45, 7) is 7.64. The molecule has 0 fully saturated rings. The number of halogens is 1. The molecule has 0 heterocycles. The molecule has 2 aromatic carbocycles. The van der Waals surface area contributed by atoms with Crippen molar-refractivity contribution >= 4 is 23.0 Å². The van der Waals surface area contributed by atoms with Crippen LogP contribution < -0.4 is 0 Å². The fourth-order valence-electron chi connectivity index (χ4n) is 2.62. The number of rotatable bonds is 3. The first kappa shape index (κ1) is 13.6. The highest BCUT2D eigenvalue weighted by Gasteiger charge is 2.28. The average Bonchev–Trinajstić information content (AvgIpc) is 2.79. The van der Waals surface area contributed by atoms with Crippen LogP contribution in [0.25, 0.3) is 16.7 Å². The lowest BCUT2D eigenvalue weighted by Gasteiger charge is -2.07. The highest BCUT2D eigenvalue weighted by molar-refractivity contribution is 6.31.